The van der Waals surface area contributed by atoms with Gasteiger partial charge in [0.2, 0.25) is 5.88 Å². The zero-order valence-corrected chi connectivity index (χ0v) is 15.6. The van der Waals surface area contributed by atoms with E-state index >= 15 is 0 Å². The minimum atomic E-state index is -0.131. The van der Waals surface area contributed by atoms with Crippen molar-refractivity contribution in [3.8, 4) is 23.1 Å². The smallest absolute Gasteiger partial charge is 0.214 e. The largest absolute Gasteiger partial charge is 0.490 e. The quantitative estimate of drug-likeness (QED) is 0.407. The summed E-state index contributed by atoms with van der Waals surface area (Å²) >= 11 is 0. The number of benzene rings is 3. The zero-order chi connectivity index (χ0) is 19.2. The van der Waals surface area contributed by atoms with E-state index in [1.54, 1.807) is 0 Å². The third-order valence-corrected chi connectivity index (χ3v) is 4.18. The molecule has 1 unspecified atom stereocenters. The van der Waals surface area contributed by atoms with Crippen LogP contribution in [0.3, 0.4) is 0 Å². The molecule has 0 N–H and O–H groups in total. The number of rotatable bonds is 7. The molecule has 1 aromatic heterocycles. The second-order valence-electron chi connectivity index (χ2n) is 6.47. The van der Waals surface area contributed by atoms with Crippen LogP contribution in [0.2, 0.25) is 0 Å². The van der Waals surface area contributed by atoms with Gasteiger partial charge in [-0.05, 0) is 55.5 Å². The summed E-state index contributed by atoms with van der Waals surface area (Å²) in [6, 6.07) is 29.1. The Labute approximate surface area is 164 Å². The van der Waals surface area contributed by atoms with Crippen molar-refractivity contribution in [1.29, 1.82) is 0 Å². The molecular formula is C24H21NO3. The number of pyridine rings is 1. The van der Waals surface area contributed by atoms with Crippen molar-refractivity contribution in [2.45, 2.75) is 13.0 Å². The Balaban J connectivity index is 1.30. The van der Waals surface area contributed by atoms with Crippen LogP contribution in [0.5, 0.6) is 23.1 Å². The van der Waals surface area contributed by atoms with E-state index in [0.29, 0.717) is 12.5 Å². The van der Waals surface area contributed by atoms with Gasteiger partial charge in [-0.2, -0.15) is 0 Å². The normalized spacial score (nSPS) is 11.8. The van der Waals surface area contributed by atoms with Crippen LogP contribution in [0.15, 0.2) is 91.0 Å². The number of hydrogen-bond acceptors (Lipinski definition) is 4. The maximum Gasteiger partial charge on any atom is 0.214 e. The molecule has 0 aliphatic carbocycles. The Kier molecular flexibility index (Phi) is 5.38. The Morgan fingerprint density at radius 2 is 1.39 bits per heavy atom. The molecule has 0 amide bonds. The molecule has 1 atom stereocenters. The molecule has 4 aromatic rings. The standard InChI is InChI=1S/C24H21NO3/c1-18(27-24-16-11-19-7-5-6-10-23(19)25-24)17-26-20-12-14-22(15-13-20)28-21-8-3-2-4-9-21/h2-16,18H,17H2,1H3. The van der Waals surface area contributed by atoms with E-state index in [1.165, 1.54) is 0 Å². The first-order valence-corrected chi connectivity index (χ1v) is 9.24. The van der Waals surface area contributed by atoms with Crippen LogP contribution in [-0.2, 0) is 0 Å². The Bertz CT molecular complexity index is 1030. The Morgan fingerprint density at radius 1 is 0.714 bits per heavy atom. The Hall–Kier alpha value is -3.53. The molecule has 0 saturated heterocycles. The number of hydrogen-bond donors (Lipinski definition) is 0. The predicted octanol–water partition coefficient (Wildman–Crippen LogP) is 5.87. The first kappa shape index (κ1) is 17.9. The van der Waals surface area contributed by atoms with Gasteiger partial charge in [0.25, 0.3) is 0 Å². The number of aromatic nitrogens is 1. The highest BCUT2D eigenvalue weighted by Crippen LogP contribution is 2.24. The lowest BCUT2D eigenvalue weighted by Crippen LogP contribution is -2.21. The zero-order valence-electron chi connectivity index (χ0n) is 15.6. The first-order valence-electron chi connectivity index (χ1n) is 9.24. The number of para-hydroxylation sites is 2. The molecule has 0 fully saturated rings. The molecule has 4 nitrogen and oxygen atoms in total. The van der Waals surface area contributed by atoms with Crippen molar-refractivity contribution in [3.05, 3.63) is 91.0 Å². The number of ether oxygens (including phenoxy) is 3. The van der Waals surface area contributed by atoms with Crippen LogP contribution < -0.4 is 14.2 Å². The number of fused-ring (bicyclic) bond motifs is 1. The lowest BCUT2D eigenvalue weighted by molar-refractivity contribution is 0.138. The summed E-state index contributed by atoms with van der Waals surface area (Å²) in [5.41, 5.74) is 0.919. The molecule has 28 heavy (non-hydrogen) atoms. The van der Waals surface area contributed by atoms with Crippen molar-refractivity contribution in [2.75, 3.05) is 6.61 Å². The van der Waals surface area contributed by atoms with Gasteiger partial charge >= 0.3 is 0 Å². The SMILES string of the molecule is CC(COc1ccc(Oc2ccccc2)cc1)Oc1ccc2ccccc2n1. The molecule has 1 heterocycles. The van der Waals surface area contributed by atoms with Gasteiger partial charge in [-0.1, -0.05) is 36.4 Å². The highest BCUT2D eigenvalue weighted by atomic mass is 16.5. The number of nitrogens with zero attached hydrogens (tertiary/aromatic N) is 1. The fraction of sp³-hybridized carbons (Fsp3) is 0.125. The van der Waals surface area contributed by atoms with E-state index in [9.17, 15) is 0 Å². The van der Waals surface area contributed by atoms with Gasteiger partial charge in [0, 0.05) is 11.5 Å². The van der Waals surface area contributed by atoms with Gasteiger partial charge in [0.1, 0.15) is 30.0 Å². The van der Waals surface area contributed by atoms with Crippen LogP contribution in [0.25, 0.3) is 10.9 Å². The summed E-state index contributed by atoms with van der Waals surface area (Å²) in [6.07, 6.45) is -0.131. The first-order chi connectivity index (χ1) is 13.8. The van der Waals surface area contributed by atoms with Crippen LogP contribution >= 0.6 is 0 Å². The highest BCUT2D eigenvalue weighted by Gasteiger charge is 2.07. The fourth-order valence-corrected chi connectivity index (χ4v) is 2.80. The molecule has 140 valence electrons. The monoisotopic (exact) mass is 371 g/mol. The van der Waals surface area contributed by atoms with E-state index in [0.717, 1.165) is 28.2 Å². The summed E-state index contributed by atoms with van der Waals surface area (Å²) < 4.78 is 17.5. The van der Waals surface area contributed by atoms with Gasteiger partial charge in [0.15, 0.2) is 0 Å². The van der Waals surface area contributed by atoms with Gasteiger partial charge in [-0.25, -0.2) is 4.98 Å². The highest BCUT2D eigenvalue weighted by molar-refractivity contribution is 5.78. The maximum absolute atomic E-state index is 5.89. The average molecular weight is 371 g/mol. The molecular weight excluding hydrogens is 350 g/mol. The third-order valence-electron chi connectivity index (χ3n) is 4.18. The molecule has 0 radical (unpaired) electrons. The minimum Gasteiger partial charge on any atom is -0.490 e. The van der Waals surface area contributed by atoms with Crippen LogP contribution in [0.1, 0.15) is 6.92 Å². The lowest BCUT2D eigenvalue weighted by Gasteiger charge is -2.15. The van der Waals surface area contributed by atoms with Crippen molar-refractivity contribution in [1.82, 2.24) is 4.98 Å². The second-order valence-corrected chi connectivity index (χ2v) is 6.47. The lowest BCUT2D eigenvalue weighted by atomic mass is 10.2. The van der Waals surface area contributed by atoms with Gasteiger partial charge < -0.3 is 14.2 Å². The van der Waals surface area contributed by atoms with Crippen molar-refractivity contribution < 1.29 is 14.2 Å². The molecule has 0 aliphatic rings. The fourth-order valence-electron chi connectivity index (χ4n) is 2.80. The molecule has 4 rings (SSSR count). The average Bonchev–Trinajstić information content (AvgIpc) is 2.74. The van der Waals surface area contributed by atoms with E-state index in [4.69, 9.17) is 14.2 Å². The van der Waals surface area contributed by atoms with E-state index in [1.807, 2.05) is 97.9 Å². The van der Waals surface area contributed by atoms with Crippen LogP contribution in [-0.4, -0.2) is 17.7 Å². The summed E-state index contributed by atoms with van der Waals surface area (Å²) in [6.45, 7) is 2.39. The Morgan fingerprint density at radius 3 is 2.21 bits per heavy atom. The molecule has 0 bridgehead atoms. The predicted molar refractivity (Wildman–Crippen MR) is 110 cm³/mol. The van der Waals surface area contributed by atoms with E-state index < -0.39 is 0 Å². The summed E-state index contributed by atoms with van der Waals surface area (Å²) in [7, 11) is 0. The van der Waals surface area contributed by atoms with Crippen LogP contribution in [0.4, 0.5) is 0 Å². The minimum absolute atomic E-state index is 0.131. The van der Waals surface area contributed by atoms with Crippen molar-refractivity contribution in [3.63, 3.8) is 0 Å². The van der Waals surface area contributed by atoms with Crippen molar-refractivity contribution in [2.24, 2.45) is 0 Å². The van der Waals surface area contributed by atoms with Gasteiger partial charge in [-0.15, -0.1) is 0 Å². The third kappa shape index (κ3) is 4.60. The molecule has 0 spiro atoms. The molecule has 3 aromatic carbocycles. The second kappa shape index (κ2) is 8.44. The van der Waals surface area contributed by atoms with E-state index in [2.05, 4.69) is 4.98 Å². The summed E-state index contributed by atoms with van der Waals surface area (Å²) in [5.74, 6) is 2.94. The molecule has 4 heteroatoms. The topological polar surface area (TPSA) is 40.6 Å². The summed E-state index contributed by atoms with van der Waals surface area (Å²) in [5, 5.41) is 1.09. The van der Waals surface area contributed by atoms with Gasteiger partial charge in [-0.3, -0.25) is 0 Å². The molecule has 0 aliphatic heterocycles. The maximum atomic E-state index is 5.89. The van der Waals surface area contributed by atoms with E-state index in [-0.39, 0.29) is 6.10 Å². The summed E-state index contributed by atoms with van der Waals surface area (Å²) in [4.78, 5) is 4.53. The van der Waals surface area contributed by atoms with Gasteiger partial charge in [0.05, 0.1) is 5.52 Å². The van der Waals surface area contributed by atoms with Crippen molar-refractivity contribution >= 4 is 10.9 Å². The van der Waals surface area contributed by atoms with Crippen LogP contribution in [0, 0.1) is 0 Å². The molecule has 0 saturated carbocycles.